The molecule has 0 aliphatic carbocycles. The molecule has 0 amide bonds. The summed E-state index contributed by atoms with van der Waals surface area (Å²) in [4.78, 5) is 3.56. The molecule has 0 aliphatic rings. The molecule has 0 saturated carbocycles. The molecule has 0 aromatic carbocycles. The minimum absolute atomic E-state index is 0.657. The molecule has 0 aromatic heterocycles. The Labute approximate surface area is 89.0 Å². The topological polar surface area (TPSA) is 12.0 Å². The first-order valence-corrected chi connectivity index (χ1v) is 8.63. The lowest BCUT2D eigenvalue weighted by Crippen LogP contribution is -2.51. The van der Waals surface area contributed by atoms with Crippen molar-refractivity contribution in [2.75, 3.05) is 6.54 Å². The molecule has 0 heterocycles. The smallest absolute Gasteiger partial charge is 0.232 e. The van der Waals surface area contributed by atoms with Gasteiger partial charge in [-0.3, -0.25) is 0 Å². The van der Waals surface area contributed by atoms with Crippen LogP contribution in [0.25, 0.3) is 0 Å². The predicted molar refractivity (Wildman–Crippen MR) is 64.7 cm³/mol. The molecular formula is C10H24ClNSi. The molecule has 1 N–H and O–H groups in total. The van der Waals surface area contributed by atoms with Crippen molar-refractivity contribution in [2.24, 2.45) is 0 Å². The number of hydrogen-bond donors (Lipinski definition) is 1. The summed E-state index contributed by atoms with van der Waals surface area (Å²) < 4.78 is 0. The van der Waals surface area contributed by atoms with Crippen molar-refractivity contribution in [1.82, 2.24) is 4.98 Å². The Morgan fingerprint density at radius 3 is 1.69 bits per heavy atom. The molecule has 3 heteroatoms. The van der Waals surface area contributed by atoms with Gasteiger partial charge in [0.2, 0.25) is 7.55 Å². The summed E-state index contributed by atoms with van der Waals surface area (Å²) >= 11 is 6.77. The van der Waals surface area contributed by atoms with Gasteiger partial charge in [-0.05, 0) is 17.6 Å². The zero-order valence-electron chi connectivity index (χ0n) is 9.65. The van der Waals surface area contributed by atoms with E-state index in [0.717, 1.165) is 6.54 Å². The first-order chi connectivity index (χ1) is 6.02. The van der Waals surface area contributed by atoms with E-state index in [4.69, 9.17) is 11.1 Å². The monoisotopic (exact) mass is 221 g/mol. The van der Waals surface area contributed by atoms with E-state index in [0.29, 0.717) is 11.1 Å². The van der Waals surface area contributed by atoms with Crippen LogP contribution in [0.4, 0.5) is 0 Å². The molecular weight excluding hydrogens is 198 g/mol. The molecule has 1 nitrogen and oxygen atoms in total. The van der Waals surface area contributed by atoms with Gasteiger partial charge in [-0.2, -0.15) is 0 Å². The fraction of sp³-hybridized carbons (Fsp3) is 1.00. The van der Waals surface area contributed by atoms with Crippen LogP contribution in [0.1, 0.15) is 47.5 Å². The highest BCUT2D eigenvalue weighted by molar-refractivity contribution is 7.20. The van der Waals surface area contributed by atoms with E-state index in [9.17, 15) is 0 Å². The van der Waals surface area contributed by atoms with Crippen molar-refractivity contribution < 1.29 is 0 Å². The molecule has 2 atom stereocenters. The van der Waals surface area contributed by atoms with Gasteiger partial charge in [0.15, 0.2) is 0 Å². The summed E-state index contributed by atoms with van der Waals surface area (Å²) in [5.41, 5.74) is 1.31. The van der Waals surface area contributed by atoms with Crippen LogP contribution in [0.2, 0.25) is 11.1 Å². The minimum Gasteiger partial charge on any atom is -0.325 e. The van der Waals surface area contributed by atoms with E-state index in [1.54, 1.807) is 0 Å². The zero-order valence-corrected chi connectivity index (χ0v) is 11.4. The number of hydrogen-bond acceptors (Lipinski definition) is 1. The van der Waals surface area contributed by atoms with Gasteiger partial charge < -0.3 is 4.98 Å². The lowest BCUT2D eigenvalue weighted by Gasteiger charge is -2.35. The van der Waals surface area contributed by atoms with Crippen molar-refractivity contribution in [2.45, 2.75) is 58.5 Å². The Morgan fingerprint density at radius 1 is 1.08 bits per heavy atom. The van der Waals surface area contributed by atoms with E-state index in [1.165, 1.54) is 12.8 Å². The Hall–Kier alpha value is 0.467. The first kappa shape index (κ1) is 13.5. The summed E-state index contributed by atoms with van der Waals surface area (Å²) in [6.07, 6.45) is 2.38. The SMILES string of the molecule is CCN[Si](Cl)(C(C)CC)C(C)CC. The average Bonchev–Trinajstić information content (AvgIpc) is 2.15. The first-order valence-electron chi connectivity index (χ1n) is 5.46. The predicted octanol–water partition coefficient (Wildman–Crippen LogP) is 3.88. The molecule has 0 radical (unpaired) electrons. The maximum Gasteiger partial charge on any atom is 0.232 e. The lowest BCUT2D eigenvalue weighted by molar-refractivity contribution is 0.732. The van der Waals surface area contributed by atoms with Gasteiger partial charge in [0, 0.05) is 0 Å². The Kier molecular flexibility index (Phi) is 6.26. The van der Waals surface area contributed by atoms with E-state index < -0.39 is 7.55 Å². The second-order valence-electron chi connectivity index (χ2n) is 3.92. The molecule has 0 saturated heterocycles. The third kappa shape index (κ3) is 3.26. The van der Waals surface area contributed by atoms with Gasteiger partial charge in [-0.15, -0.1) is 11.1 Å². The van der Waals surface area contributed by atoms with Crippen LogP contribution in [-0.4, -0.2) is 14.1 Å². The minimum atomic E-state index is -1.73. The van der Waals surface area contributed by atoms with Crippen LogP contribution in [0.15, 0.2) is 0 Å². The Morgan fingerprint density at radius 2 is 1.46 bits per heavy atom. The molecule has 80 valence electrons. The molecule has 0 rings (SSSR count). The molecule has 2 unspecified atom stereocenters. The quantitative estimate of drug-likeness (QED) is 0.531. The summed E-state index contributed by atoms with van der Waals surface area (Å²) in [6, 6.07) is 0. The number of nitrogens with one attached hydrogen (secondary N) is 1. The largest absolute Gasteiger partial charge is 0.325 e. The molecule has 0 fully saturated rings. The van der Waals surface area contributed by atoms with E-state index in [2.05, 4.69) is 39.6 Å². The third-order valence-electron chi connectivity index (χ3n) is 3.11. The Balaban J connectivity index is 4.50. The second kappa shape index (κ2) is 6.05. The summed E-state index contributed by atoms with van der Waals surface area (Å²) in [5.74, 6) is 0. The van der Waals surface area contributed by atoms with E-state index in [-0.39, 0.29) is 0 Å². The zero-order chi connectivity index (χ0) is 10.5. The van der Waals surface area contributed by atoms with Crippen molar-refractivity contribution >= 4 is 18.6 Å². The van der Waals surface area contributed by atoms with Gasteiger partial charge in [-0.25, -0.2) is 0 Å². The van der Waals surface area contributed by atoms with Crippen LogP contribution in [0.3, 0.4) is 0 Å². The van der Waals surface area contributed by atoms with Gasteiger partial charge in [-0.1, -0.05) is 47.5 Å². The van der Waals surface area contributed by atoms with Crippen LogP contribution in [0.5, 0.6) is 0 Å². The molecule has 0 aliphatic heterocycles. The average molecular weight is 222 g/mol. The summed E-state index contributed by atoms with van der Waals surface area (Å²) in [6.45, 7) is 12.2. The van der Waals surface area contributed by atoms with E-state index in [1.807, 2.05) is 0 Å². The van der Waals surface area contributed by atoms with Crippen molar-refractivity contribution in [3.05, 3.63) is 0 Å². The van der Waals surface area contributed by atoms with Gasteiger partial charge in [0.25, 0.3) is 0 Å². The van der Waals surface area contributed by atoms with Crippen molar-refractivity contribution in [3.8, 4) is 0 Å². The molecule has 0 aromatic rings. The maximum absolute atomic E-state index is 6.77. The highest BCUT2D eigenvalue weighted by atomic mass is 35.6. The fourth-order valence-electron chi connectivity index (χ4n) is 1.70. The van der Waals surface area contributed by atoms with Crippen molar-refractivity contribution in [1.29, 1.82) is 0 Å². The molecule has 0 spiro atoms. The normalized spacial score (nSPS) is 20.8. The second-order valence-corrected chi connectivity index (χ2v) is 9.65. The maximum atomic E-state index is 6.77. The van der Waals surface area contributed by atoms with Gasteiger partial charge >= 0.3 is 0 Å². The molecule has 13 heavy (non-hydrogen) atoms. The highest BCUT2D eigenvalue weighted by Gasteiger charge is 2.40. The van der Waals surface area contributed by atoms with E-state index >= 15 is 0 Å². The third-order valence-corrected chi connectivity index (χ3v) is 10.3. The van der Waals surface area contributed by atoms with Gasteiger partial charge in [0.05, 0.1) is 0 Å². The fourth-order valence-corrected chi connectivity index (χ4v) is 6.42. The summed E-state index contributed by atoms with van der Waals surface area (Å²) in [7, 11) is -1.73. The Bertz CT molecular complexity index is 131. The standard InChI is InChI=1S/C10H24ClNSi/c1-6-9(4)13(11,12-8-3)10(5)7-2/h9-10,12H,6-8H2,1-5H3. The van der Waals surface area contributed by atoms with Crippen LogP contribution >= 0.6 is 11.1 Å². The summed E-state index contributed by atoms with van der Waals surface area (Å²) in [5, 5.41) is 0. The van der Waals surface area contributed by atoms with Gasteiger partial charge in [0.1, 0.15) is 0 Å². The van der Waals surface area contributed by atoms with Crippen LogP contribution < -0.4 is 4.98 Å². The van der Waals surface area contributed by atoms with Crippen LogP contribution in [0, 0.1) is 0 Å². The lowest BCUT2D eigenvalue weighted by atomic mass is 10.4. The molecule has 0 bridgehead atoms. The number of halogens is 1. The van der Waals surface area contributed by atoms with Crippen LogP contribution in [-0.2, 0) is 0 Å². The highest BCUT2D eigenvalue weighted by Crippen LogP contribution is 2.37. The number of rotatable bonds is 6. The van der Waals surface area contributed by atoms with Crippen molar-refractivity contribution in [3.63, 3.8) is 0 Å².